The van der Waals surface area contributed by atoms with Crippen molar-refractivity contribution in [2.24, 2.45) is 5.73 Å². The van der Waals surface area contributed by atoms with Gasteiger partial charge in [-0.3, -0.25) is 9.69 Å². The van der Waals surface area contributed by atoms with Crippen molar-refractivity contribution in [3.63, 3.8) is 0 Å². The van der Waals surface area contributed by atoms with Crippen LogP contribution in [0.4, 0.5) is 0 Å². The molecular weight excluding hydrogens is 524 g/mol. The Balaban J connectivity index is 1.46. The second-order valence-corrected chi connectivity index (χ2v) is 10.9. The predicted octanol–water partition coefficient (Wildman–Crippen LogP) is 7.19. The van der Waals surface area contributed by atoms with E-state index in [2.05, 4.69) is 96.1 Å². The van der Waals surface area contributed by atoms with Crippen molar-refractivity contribution in [2.45, 2.75) is 30.2 Å². The summed E-state index contributed by atoms with van der Waals surface area (Å²) in [5, 5.41) is 0.493. The van der Waals surface area contributed by atoms with Crippen molar-refractivity contribution in [3.05, 3.63) is 130 Å². The number of hydrogen-bond acceptors (Lipinski definition) is 4. The van der Waals surface area contributed by atoms with Gasteiger partial charge in [-0.2, -0.15) is 0 Å². The monoisotopic (exact) mass is 558 g/mol. The molecule has 1 amide bonds. The summed E-state index contributed by atoms with van der Waals surface area (Å²) in [6.07, 6.45) is 3.11. The molecule has 6 heteroatoms. The molecule has 202 valence electrons. The van der Waals surface area contributed by atoms with Gasteiger partial charge in [0.1, 0.15) is 5.75 Å². The molecule has 0 saturated heterocycles. The molecule has 0 fully saturated rings. The number of primary amides is 1. The third-order valence-electron chi connectivity index (χ3n) is 6.66. The predicted molar refractivity (Wildman–Crippen MR) is 163 cm³/mol. The number of halogens is 1. The maximum Gasteiger partial charge on any atom is 0.221 e. The molecule has 0 saturated carbocycles. The van der Waals surface area contributed by atoms with E-state index in [1.54, 1.807) is 17.8 Å². The Kier molecular flexibility index (Phi) is 10.9. The normalized spacial score (nSPS) is 11.2. The fourth-order valence-corrected chi connectivity index (χ4v) is 5.36. The molecule has 4 rings (SSSR count). The van der Waals surface area contributed by atoms with Gasteiger partial charge in [0.25, 0.3) is 0 Å². The molecule has 0 aliphatic carbocycles. The number of nitrogens with two attached hydrogens (primary N) is 1. The summed E-state index contributed by atoms with van der Waals surface area (Å²) in [7, 11) is 0. The molecule has 39 heavy (non-hydrogen) atoms. The second kappa shape index (κ2) is 14.8. The summed E-state index contributed by atoms with van der Waals surface area (Å²) in [4.78, 5) is 15.0. The number of rotatable bonds is 14. The average molecular weight is 559 g/mol. The highest BCUT2D eigenvalue weighted by molar-refractivity contribution is 7.98. The average Bonchev–Trinajstić information content (AvgIpc) is 2.95. The van der Waals surface area contributed by atoms with Crippen molar-refractivity contribution in [1.29, 1.82) is 0 Å². The Bertz CT molecular complexity index is 1280. The minimum atomic E-state index is -0.382. The van der Waals surface area contributed by atoms with E-state index in [1.165, 1.54) is 21.6 Å². The largest absolute Gasteiger partial charge is 0.492 e. The third-order valence-corrected chi connectivity index (χ3v) is 7.70. The van der Waals surface area contributed by atoms with Crippen LogP contribution in [0.25, 0.3) is 0 Å². The van der Waals surface area contributed by atoms with Gasteiger partial charge in [-0.25, -0.2) is 0 Å². The summed E-state index contributed by atoms with van der Waals surface area (Å²) < 4.78 is 6.02. The quantitative estimate of drug-likeness (QED) is 0.131. The summed E-state index contributed by atoms with van der Waals surface area (Å²) in [6, 6.07) is 35.7. The number of amides is 1. The lowest BCUT2D eigenvalue weighted by molar-refractivity contribution is -0.117. The molecule has 4 aromatic carbocycles. The van der Waals surface area contributed by atoms with Crippen LogP contribution in [0, 0.1) is 0 Å². The summed E-state index contributed by atoms with van der Waals surface area (Å²) in [5.74, 6) is 0.494. The molecule has 0 radical (unpaired) electrons. The first kappa shape index (κ1) is 28.8. The van der Waals surface area contributed by atoms with Crippen LogP contribution in [0.2, 0.25) is 5.02 Å². The van der Waals surface area contributed by atoms with Crippen molar-refractivity contribution < 1.29 is 9.53 Å². The SMILES string of the molecule is CSc1ccc(CN(CCCOc2ccc(CC(N)=O)cc2Cl)CC(c2ccccc2)c2ccccc2)cc1. The molecule has 0 bridgehead atoms. The van der Waals surface area contributed by atoms with Crippen LogP contribution in [0.15, 0.2) is 108 Å². The Morgan fingerprint density at radius 3 is 2.08 bits per heavy atom. The summed E-state index contributed by atoms with van der Waals surface area (Å²) in [6.45, 7) is 3.16. The smallest absolute Gasteiger partial charge is 0.221 e. The molecule has 0 aromatic heterocycles. The molecule has 4 nitrogen and oxygen atoms in total. The van der Waals surface area contributed by atoms with E-state index in [1.807, 2.05) is 12.1 Å². The Morgan fingerprint density at radius 2 is 1.51 bits per heavy atom. The van der Waals surface area contributed by atoms with Gasteiger partial charge in [0.2, 0.25) is 5.91 Å². The molecule has 0 atom stereocenters. The van der Waals surface area contributed by atoms with Crippen LogP contribution >= 0.6 is 23.4 Å². The van der Waals surface area contributed by atoms with E-state index in [9.17, 15) is 4.79 Å². The second-order valence-electron chi connectivity index (χ2n) is 9.57. The van der Waals surface area contributed by atoms with Crippen molar-refractivity contribution in [1.82, 2.24) is 4.90 Å². The van der Waals surface area contributed by atoms with Crippen LogP contribution < -0.4 is 10.5 Å². The molecule has 0 spiro atoms. The molecule has 4 aromatic rings. The highest BCUT2D eigenvalue weighted by Crippen LogP contribution is 2.28. The molecular formula is C33H35ClN2O2S. The van der Waals surface area contributed by atoms with E-state index in [-0.39, 0.29) is 18.2 Å². The topological polar surface area (TPSA) is 55.6 Å². The van der Waals surface area contributed by atoms with E-state index < -0.39 is 0 Å². The molecule has 0 aliphatic rings. The van der Waals surface area contributed by atoms with Crippen molar-refractivity contribution >= 4 is 29.3 Å². The van der Waals surface area contributed by atoms with Gasteiger partial charge < -0.3 is 10.5 Å². The number of carbonyl (C=O) groups is 1. The standard InChI is InChI=1S/C33H35ClN2O2S/c1-39-29-16-13-25(14-17-29)23-36(19-8-20-38-32-18-15-26(21-31(32)34)22-33(35)37)24-30(27-9-4-2-5-10-27)28-11-6-3-7-12-28/h2-7,9-18,21,30H,8,19-20,22-24H2,1H3,(H2,35,37). The maximum absolute atomic E-state index is 11.2. The fourth-order valence-electron chi connectivity index (χ4n) is 4.70. The minimum absolute atomic E-state index is 0.164. The van der Waals surface area contributed by atoms with Crippen LogP contribution in [0.3, 0.4) is 0 Å². The number of carbonyl (C=O) groups excluding carboxylic acids is 1. The lowest BCUT2D eigenvalue weighted by Gasteiger charge is -2.28. The third kappa shape index (κ3) is 8.89. The van der Waals surface area contributed by atoms with Crippen LogP contribution in [0.1, 0.15) is 34.6 Å². The van der Waals surface area contributed by atoms with Crippen LogP contribution in [0.5, 0.6) is 5.75 Å². The Morgan fingerprint density at radius 1 is 0.897 bits per heavy atom. The van der Waals surface area contributed by atoms with Gasteiger partial charge in [0, 0.05) is 30.4 Å². The summed E-state index contributed by atoms with van der Waals surface area (Å²) in [5.41, 5.74) is 10.00. The summed E-state index contributed by atoms with van der Waals surface area (Å²) >= 11 is 8.16. The Labute approximate surface area is 241 Å². The van der Waals surface area contributed by atoms with E-state index >= 15 is 0 Å². The molecule has 0 heterocycles. The molecule has 0 unspecified atom stereocenters. The fraction of sp³-hybridized carbons (Fsp3) is 0.242. The first-order valence-electron chi connectivity index (χ1n) is 13.2. The van der Waals surface area contributed by atoms with Gasteiger partial charge in [-0.1, -0.05) is 90.5 Å². The highest BCUT2D eigenvalue weighted by atomic mass is 35.5. The van der Waals surface area contributed by atoms with Gasteiger partial charge in [0.05, 0.1) is 18.1 Å². The number of ether oxygens (including phenoxy) is 1. The zero-order valence-electron chi connectivity index (χ0n) is 22.3. The minimum Gasteiger partial charge on any atom is -0.492 e. The van der Waals surface area contributed by atoms with Crippen molar-refractivity contribution in [2.75, 3.05) is 26.0 Å². The maximum atomic E-state index is 11.2. The van der Waals surface area contributed by atoms with Crippen LogP contribution in [-0.2, 0) is 17.8 Å². The molecule has 0 aliphatic heterocycles. The zero-order chi connectivity index (χ0) is 27.5. The number of nitrogens with zero attached hydrogens (tertiary/aromatic N) is 1. The number of thioether (sulfide) groups is 1. The lowest BCUT2D eigenvalue weighted by Crippen LogP contribution is -2.30. The van der Waals surface area contributed by atoms with E-state index in [0.717, 1.165) is 31.6 Å². The van der Waals surface area contributed by atoms with E-state index in [0.29, 0.717) is 17.4 Å². The molecule has 2 N–H and O–H groups in total. The first-order chi connectivity index (χ1) is 19.0. The highest BCUT2D eigenvalue weighted by Gasteiger charge is 2.19. The van der Waals surface area contributed by atoms with E-state index in [4.69, 9.17) is 22.1 Å². The number of hydrogen-bond donors (Lipinski definition) is 1. The number of benzene rings is 4. The lowest BCUT2D eigenvalue weighted by atomic mass is 9.90. The van der Waals surface area contributed by atoms with Gasteiger partial charge in [-0.05, 0) is 59.2 Å². The van der Waals surface area contributed by atoms with Crippen molar-refractivity contribution in [3.8, 4) is 5.75 Å². The van der Waals surface area contributed by atoms with Crippen LogP contribution in [-0.4, -0.2) is 36.8 Å². The van der Waals surface area contributed by atoms with Gasteiger partial charge in [0.15, 0.2) is 0 Å². The van der Waals surface area contributed by atoms with Gasteiger partial charge in [-0.15, -0.1) is 11.8 Å². The first-order valence-corrected chi connectivity index (χ1v) is 14.8. The van der Waals surface area contributed by atoms with Gasteiger partial charge >= 0.3 is 0 Å². The zero-order valence-corrected chi connectivity index (χ0v) is 23.8. The Hall–Kier alpha value is -3.25.